The lowest BCUT2D eigenvalue weighted by atomic mass is 10.3. The van der Waals surface area contributed by atoms with Gasteiger partial charge in [0, 0.05) is 19.1 Å². The molecule has 1 aliphatic heterocycles. The molecule has 2 N–H and O–H groups in total. The van der Waals surface area contributed by atoms with E-state index in [1.54, 1.807) is 7.05 Å². The first-order valence-corrected chi connectivity index (χ1v) is 4.45. The topological polar surface area (TPSA) is 72.9 Å². The summed E-state index contributed by atoms with van der Waals surface area (Å²) in [6.45, 7) is 2.75. The summed E-state index contributed by atoms with van der Waals surface area (Å²) >= 11 is 0. The Kier molecular flexibility index (Phi) is 2.24. The van der Waals surface area contributed by atoms with Crippen LogP contribution in [0.4, 0.5) is 0 Å². The molecule has 6 nitrogen and oxygen atoms in total. The van der Waals surface area contributed by atoms with Crippen molar-refractivity contribution in [3.8, 4) is 0 Å². The molecule has 1 fully saturated rings. The minimum Gasteiger partial charge on any atom is -0.326 e. The van der Waals surface area contributed by atoms with E-state index in [9.17, 15) is 0 Å². The largest absolute Gasteiger partial charge is 0.326 e. The van der Waals surface area contributed by atoms with Crippen LogP contribution in [0.5, 0.6) is 0 Å². The second-order valence-corrected chi connectivity index (χ2v) is 3.48. The fraction of sp³-hybridized carbons (Fsp3) is 0.857. The van der Waals surface area contributed by atoms with E-state index in [0.717, 1.165) is 31.9 Å². The number of rotatable bonds is 2. The molecular formula is C7H14N6. The van der Waals surface area contributed by atoms with Crippen LogP contribution >= 0.6 is 0 Å². The second-order valence-electron chi connectivity index (χ2n) is 3.48. The molecular weight excluding hydrogens is 168 g/mol. The van der Waals surface area contributed by atoms with Gasteiger partial charge in [0.05, 0.1) is 13.6 Å². The van der Waals surface area contributed by atoms with Gasteiger partial charge in [-0.25, -0.2) is 0 Å². The summed E-state index contributed by atoms with van der Waals surface area (Å²) in [4.78, 5) is 3.73. The molecule has 2 rings (SSSR count). The van der Waals surface area contributed by atoms with E-state index in [2.05, 4.69) is 20.3 Å². The Bertz CT molecular complexity index is 282. The molecule has 0 amide bonds. The Labute approximate surface area is 76.7 Å². The van der Waals surface area contributed by atoms with E-state index < -0.39 is 0 Å². The average Bonchev–Trinajstić information content (AvgIpc) is 2.62. The maximum Gasteiger partial charge on any atom is 0.188 e. The number of hydrogen-bond donors (Lipinski definition) is 1. The van der Waals surface area contributed by atoms with Crippen LogP contribution in [0.25, 0.3) is 0 Å². The normalized spacial score (nSPS) is 24.0. The van der Waals surface area contributed by atoms with Gasteiger partial charge in [-0.3, -0.25) is 4.90 Å². The van der Waals surface area contributed by atoms with Crippen LogP contribution in [-0.2, 0) is 13.6 Å². The van der Waals surface area contributed by atoms with Gasteiger partial charge in [0.1, 0.15) is 0 Å². The Morgan fingerprint density at radius 2 is 2.46 bits per heavy atom. The fourth-order valence-electron chi connectivity index (χ4n) is 1.59. The molecule has 2 heterocycles. The van der Waals surface area contributed by atoms with Crippen LogP contribution in [0.1, 0.15) is 12.2 Å². The Balaban J connectivity index is 1.91. The van der Waals surface area contributed by atoms with Gasteiger partial charge in [-0.15, -0.1) is 10.2 Å². The van der Waals surface area contributed by atoms with Gasteiger partial charge in [-0.05, 0) is 11.6 Å². The van der Waals surface area contributed by atoms with Gasteiger partial charge < -0.3 is 5.73 Å². The molecule has 0 aromatic carbocycles. The molecule has 1 saturated heterocycles. The van der Waals surface area contributed by atoms with E-state index in [-0.39, 0.29) is 0 Å². The van der Waals surface area contributed by atoms with Gasteiger partial charge in [-0.1, -0.05) is 0 Å². The maximum atomic E-state index is 5.78. The van der Waals surface area contributed by atoms with Crippen molar-refractivity contribution in [2.24, 2.45) is 12.8 Å². The monoisotopic (exact) mass is 182 g/mol. The lowest BCUT2D eigenvalue weighted by Gasteiger charge is -2.11. The fourth-order valence-corrected chi connectivity index (χ4v) is 1.59. The number of hydrogen-bond acceptors (Lipinski definition) is 5. The zero-order valence-electron chi connectivity index (χ0n) is 7.72. The first-order valence-electron chi connectivity index (χ1n) is 4.45. The first-order chi connectivity index (χ1) is 6.24. The van der Waals surface area contributed by atoms with Crippen LogP contribution in [0.15, 0.2) is 0 Å². The molecule has 72 valence electrons. The van der Waals surface area contributed by atoms with E-state index in [4.69, 9.17) is 5.73 Å². The van der Waals surface area contributed by atoms with Gasteiger partial charge in [-0.2, -0.15) is 4.80 Å². The Hall–Kier alpha value is -1.01. The van der Waals surface area contributed by atoms with Crippen LogP contribution in [-0.4, -0.2) is 44.2 Å². The van der Waals surface area contributed by atoms with Gasteiger partial charge >= 0.3 is 0 Å². The molecule has 0 radical (unpaired) electrons. The molecule has 0 saturated carbocycles. The van der Waals surface area contributed by atoms with Crippen LogP contribution in [0.3, 0.4) is 0 Å². The number of aromatic nitrogens is 4. The summed E-state index contributed by atoms with van der Waals surface area (Å²) < 4.78 is 0. The van der Waals surface area contributed by atoms with Crippen molar-refractivity contribution in [3.05, 3.63) is 5.82 Å². The van der Waals surface area contributed by atoms with Crippen molar-refractivity contribution in [1.29, 1.82) is 0 Å². The third kappa shape index (κ3) is 2.02. The smallest absolute Gasteiger partial charge is 0.188 e. The number of aryl methyl sites for hydroxylation is 1. The molecule has 6 heteroatoms. The Morgan fingerprint density at radius 1 is 1.62 bits per heavy atom. The summed E-state index contributed by atoms with van der Waals surface area (Å²) in [7, 11) is 1.77. The first kappa shape index (κ1) is 8.58. The predicted octanol–water partition coefficient (Wildman–Crippen LogP) is -1.26. The van der Waals surface area contributed by atoms with Crippen LogP contribution in [0.2, 0.25) is 0 Å². The van der Waals surface area contributed by atoms with Crippen molar-refractivity contribution in [2.45, 2.75) is 19.0 Å². The van der Waals surface area contributed by atoms with E-state index >= 15 is 0 Å². The molecule has 1 aliphatic rings. The van der Waals surface area contributed by atoms with Crippen molar-refractivity contribution < 1.29 is 0 Å². The van der Waals surface area contributed by atoms with Gasteiger partial charge in [0.15, 0.2) is 5.82 Å². The summed E-state index contributed by atoms with van der Waals surface area (Å²) in [5.41, 5.74) is 5.78. The highest BCUT2D eigenvalue weighted by Crippen LogP contribution is 2.08. The molecule has 1 atom stereocenters. The zero-order valence-corrected chi connectivity index (χ0v) is 7.72. The van der Waals surface area contributed by atoms with Gasteiger partial charge in [0.25, 0.3) is 0 Å². The molecule has 1 aromatic heterocycles. The quantitative estimate of drug-likeness (QED) is 0.618. The van der Waals surface area contributed by atoms with Crippen molar-refractivity contribution >= 4 is 0 Å². The average molecular weight is 182 g/mol. The zero-order chi connectivity index (χ0) is 9.26. The predicted molar refractivity (Wildman–Crippen MR) is 46.7 cm³/mol. The maximum absolute atomic E-state index is 5.78. The number of likely N-dealkylation sites (tertiary alicyclic amines) is 1. The van der Waals surface area contributed by atoms with Crippen LogP contribution < -0.4 is 5.73 Å². The van der Waals surface area contributed by atoms with E-state index in [1.165, 1.54) is 4.80 Å². The third-order valence-electron chi connectivity index (χ3n) is 2.22. The minimum atomic E-state index is 0.316. The van der Waals surface area contributed by atoms with Crippen molar-refractivity contribution in [3.63, 3.8) is 0 Å². The van der Waals surface area contributed by atoms with Gasteiger partial charge in [0.2, 0.25) is 0 Å². The number of nitrogens with zero attached hydrogens (tertiary/aromatic N) is 5. The number of nitrogens with two attached hydrogens (primary N) is 1. The lowest BCUT2D eigenvalue weighted by molar-refractivity contribution is 0.317. The van der Waals surface area contributed by atoms with Crippen molar-refractivity contribution in [1.82, 2.24) is 25.1 Å². The molecule has 1 aromatic rings. The summed E-state index contributed by atoms with van der Waals surface area (Å²) in [5.74, 6) is 0.775. The highest BCUT2D eigenvalue weighted by molar-refractivity contribution is 4.83. The summed E-state index contributed by atoms with van der Waals surface area (Å²) in [6.07, 6.45) is 1.07. The molecule has 0 spiro atoms. The SMILES string of the molecule is Cn1nnc(CN2CC[C@H](N)C2)n1. The molecule has 13 heavy (non-hydrogen) atoms. The number of tetrazole rings is 1. The van der Waals surface area contributed by atoms with E-state index in [1.807, 2.05) is 0 Å². The summed E-state index contributed by atoms with van der Waals surface area (Å²) in [6, 6.07) is 0.316. The van der Waals surface area contributed by atoms with E-state index in [0.29, 0.717) is 6.04 Å². The third-order valence-corrected chi connectivity index (χ3v) is 2.22. The minimum absolute atomic E-state index is 0.316. The molecule has 0 unspecified atom stereocenters. The van der Waals surface area contributed by atoms with Crippen LogP contribution in [0, 0.1) is 0 Å². The summed E-state index contributed by atoms with van der Waals surface area (Å²) in [5, 5.41) is 11.8. The molecule has 0 aliphatic carbocycles. The lowest BCUT2D eigenvalue weighted by Crippen LogP contribution is -2.26. The highest BCUT2D eigenvalue weighted by Gasteiger charge is 2.20. The Morgan fingerprint density at radius 3 is 3.00 bits per heavy atom. The standard InChI is InChI=1S/C7H14N6/c1-12-10-7(9-11-12)5-13-3-2-6(8)4-13/h6H,2-5,8H2,1H3/t6-/m0/s1. The van der Waals surface area contributed by atoms with Crippen molar-refractivity contribution in [2.75, 3.05) is 13.1 Å². The second kappa shape index (κ2) is 3.39. The highest BCUT2D eigenvalue weighted by atomic mass is 15.6. The molecule has 0 bridgehead atoms.